The fraction of sp³-hybridized carbons (Fsp3) is 0.800. The molecule has 0 radical (unpaired) electrons. The van der Waals surface area contributed by atoms with E-state index in [2.05, 4.69) is 22.6 Å². The van der Waals surface area contributed by atoms with Gasteiger partial charge in [-0.05, 0) is 25.7 Å². The van der Waals surface area contributed by atoms with Crippen LogP contribution in [0.5, 0.6) is 0 Å². The smallest absolute Gasteiger partial charge is 0.354 e. The van der Waals surface area contributed by atoms with E-state index in [-0.39, 0.29) is 0 Å². The summed E-state index contributed by atoms with van der Waals surface area (Å²) >= 11 is 0. The first-order chi connectivity index (χ1) is 15.2. The van der Waals surface area contributed by atoms with Gasteiger partial charge < -0.3 is 9.47 Å². The fourth-order valence-corrected chi connectivity index (χ4v) is 4.72. The highest BCUT2D eigenvalue weighted by Crippen LogP contribution is 2.62. The molecule has 0 aromatic heterocycles. The molecule has 0 heterocycles. The second kappa shape index (κ2) is 9.90. The summed E-state index contributed by atoms with van der Waals surface area (Å²) in [4.78, 5) is 0. The Morgan fingerprint density at radius 3 is 1.53 bits per heavy atom. The summed E-state index contributed by atoms with van der Waals surface area (Å²) in [6.45, 7) is 4.09. The van der Waals surface area contributed by atoms with E-state index in [1.54, 1.807) is 0 Å². The molecule has 2 nitrogen and oxygen atoms in total. The SMILES string of the molecule is C=CCOC(C1CCCC(C)(C(OCC=C)(C(F)(F)F)C(F)(F)F)CC1)(C(F)(F)F)C(F)(F)F. The first-order valence-corrected chi connectivity index (χ1v) is 9.95. The summed E-state index contributed by atoms with van der Waals surface area (Å²) in [6, 6.07) is 0. The van der Waals surface area contributed by atoms with Crippen LogP contribution in [0.25, 0.3) is 0 Å². The van der Waals surface area contributed by atoms with E-state index in [1.807, 2.05) is 0 Å². The Balaban J connectivity index is 3.65. The van der Waals surface area contributed by atoms with Gasteiger partial charge in [0.1, 0.15) is 0 Å². The number of alkyl halides is 12. The molecule has 2 unspecified atom stereocenters. The number of rotatable bonds is 8. The Labute approximate surface area is 188 Å². The minimum Gasteiger partial charge on any atom is -0.354 e. The molecule has 0 spiro atoms. The van der Waals surface area contributed by atoms with Gasteiger partial charge in [-0.3, -0.25) is 0 Å². The first-order valence-electron chi connectivity index (χ1n) is 9.95. The lowest BCUT2D eigenvalue weighted by Gasteiger charge is -2.49. The zero-order valence-corrected chi connectivity index (χ0v) is 17.9. The van der Waals surface area contributed by atoms with Crippen LogP contribution in [0.1, 0.15) is 39.0 Å². The molecular weight excluding hydrogens is 500 g/mol. The van der Waals surface area contributed by atoms with Gasteiger partial charge in [0.2, 0.25) is 0 Å². The predicted octanol–water partition coefficient (Wildman–Crippen LogP) is 7.71. The number of hydrogen-bond acceptors (Lipinski definition) is 2. The van der Waals surface area contributed by atoms with E-state index in [1.165, 1.54) is 0 Å². The molecule has 0 N–H and O–H groups in total. The third kappa shape index (κ3) is 5.07. The second-order valence-corrected chi connectivity index (χ2v) is 8.30. The molecule has 1 aliphatic rings. The minimum atomic E-state index is -6.09. The van der Waals surface area contributed by atoms with Gasteiger partial charge in [0.25, 0.3) is 11.2 Å². The van der Waals surface area contributed by atoms with Crippen LogP contribution < -0.4 is 0 Å². The number of ether oxygens (including phenoxy) is 2. The van der Waals surface area contributed by atoms with Gasteiger partial charge in [-0.1, -0.05) is 25.5 Å². The molecule has 1 saturated carbocycles. The van der Waals surface area contributed by atoms with Gasteiger partial charge in [0, 0.05) is 11.3 Å². The van der Waals surface area contributed by atoms with E-state index < -0.39 is 92.6 Å². The van der Waals surface area contributed by atoms with Crippen LogP contribution >= 0.6 is 0 Å². The van der Waals surface area contributed by atoms with E-state index >= 15 is 0 Å². The molecule has 2 atom stereocenters. The van der Waals surface area contributed by atoms with Crippen molar-refractivity contribution in [2.45, 2.75) is 74.9 Å². The van der Waals surface area contributed by atoms with Crippen molar-refractivity contribution < 1.29 is 62.2 Å². The average Bonchev–Trinajstić information content (AvgIpc) is 2.81. The van der Waals surface area contributed by atoms with Crippen molar-refractivity contribution in [2.75, 3.05) is 13.2 Å². The van der Waals surface area contributed by atoms with Crippen LogP contribution in [0.3, 0.4) is 0 Å². The lowest BCUT2D eigenvalue weighted by Crippen LogP contribution is -2.68. The van der Waals surface area contributed by atoms with E-state index in [4.69, 9.17) is 0 Å². The van der Waals surface area contributed by atoms with Gasteiger partial charge in [0.05, 0.1) is 13.2 Å². The Morgan fingerprint density at radius 2 is 1.15 bits per heavy atom. The molecule has 0 bridgehead atoms. The zero-order chi connectivity index (χ0) is 26.9. The molecule has 0 aliphatic heterocycles. The van der Waals surface area contributed by atoms with Gasteiger partial charge >= 0.3 is 24.7 Å². The minimum absolute atomic E-state index is 0.507. The summed E-state index contributed by atoms with van der Waals surface area (Å²) in [5.41, 5.74) is -12.6. The lowest BCUT2D eigenvalue weighted by atomic mass is 9.66. The normalized spacial score (nSPS) is 24.0. The quantitative estimate of drug-likeness (QED) is 0.184. The predicted molar refractivity (Wildman–Crippen MR) is 96.7 cm³/mol. The van der Waals surface area contributed by atoms with E-state index in [0.29, 0.717) is 19.1 Å². The molecule has 14 heteroatoms. The Kier molecular flexibility index (Phi) is 8.91. The van der Waals surface area contributed by atoms with Crippen LogP contribution in [0.2, 0.25) is 0 Å². The molecule has 200 valence electrons. The van der Waals surface area contributed by atoms with Gasteiger partial charge in [-0.2, -0.15) is 52.7 Å². The molecule has 0 saturated heterocycles. The van der Waals surface area contributed by atoms with Crippen LogP contribution in [0, 0.1) is 11.3 Å². The van der Waals surface area contributed by atoms with E-state index in [9.17, 15) is 52.7 Å². The molecule has 34 heavy (non-hydrogen) atoms. The Bertz CT molecular complexity index is 676. The van der Waals surface area contributed by atoms with Crippen molar-refractivity contribution in [1.82, 2.24) is 0 Å². The summed E-state index contributed by atoms with van der Waals surface area (Å²) in [5, 5.41) is 0. The highest BCUT2D eigenvalue weighted by molar-refractivity contribution is 5.11. The molecule has 0 aromatic rings. The lowest BCUT2D eigenvalue weighted by molar-refractivity contribution is -0.414. The van der Waals surface area contributed by atoms with Crippen LogP contribution in [0.15, 0.2) is 25.3 Å². The van der Waals surface area contributed by atoms with Crippen molar-refractivity contribution in [2.24, 2.45) is 11.3 Å². The first kappa shape index (κ1) is 30.6. The number of halogens is 12. The standard InChI is InChI=1S/C20H24F12O2/c1-4-11-33-15(17(21,22)23,18(24,25)26)13-7-6-9-14(3,10-8-13)16(19(27,28)29,20(30,31)32)34-12-5-2/h4-5,13H,1-2,6-12H2,3H3. The summed E-state index contributed by atoms with van der Waals surface area (Å²) < 4.78 is 175. The highest BCUT2D eigenvalue weighted by atomic mass is 19.4. The fourth-order valence-electron chi connectivity index (χ4n) is 4.72. The van der Waals surface area contributed by atoms with Crippen molar-refractivity contribution in [3.8, 4) is 0 Å². The van der Waals surface area contributed by atoms with Gasteiger partial charge in [-0.15, -0.1) is 13.2 Å². The second-order valence-electron chi connectivity index (χ2n) is 8.30. The van der Waals surface area contributed by atoms with Gasteiger partial charge in [-0.25, -0.2) is 0 Å². The maximum atomic E-state index is 14.0. The average molecular weight is 524 g/mol. The third-order valence-corrected chi connectivity index (χ3v) is 6.24. The maximum Gasteiger partial charge on any atom is 0.427 e. The largest absolute Gasteiger partial charge is 0.427 e. The van der Waals surface area contributed by atoms with Crippen molar-refractivity contribution in [1.29, 1.82) is 0 Å². The zero-order valence-electron chi connectivity index (χ0n) is 17.9. The van der Waals surface area contributed by atoms with Crippen LogP contribution in [-0.4, -0.2) is 49.1 Å². The summed E-state index contributed by atoms with van der Waals surface area (Å²) in [6.07, 6.45) is -28.5. The van der Waals surface area contributed by atoms with Crippen LogP contribution in [0.4, 0.5) is 52.7 Å². The summed E-state index contributed by atoms with van der Waals surface area (Å²) in [7, 11) is 0. The topological polar surface area (TPSA) is 18.5 Å². The Morgan fingerprint density at radius 1 is 0.706 bits per heavy atom. The van der Waals surface area contributed by atoms with Crippen LogP contribution in [-0.2, 0) is 9.47 Å². The van der Waals surface area contributed by atoms with Crippen molar-refractivity contribution >= 4 is 0 Å². The number of hydrogen-bond donors (Lipinski definition) is 0. The maximum absolute atomic E-state index is 14.0. The molecular formula is C20H24F12O2. The monoisotopic (exact) mass is 524 g/mol. The third-order valence-electron chi connectivity index (χ3n) is 6.24. The molecule has 1 aliphatic carbocycles. The Hall–Kier alpha value is -1.44. The molecule has 1 fully saturated rings. The molecule has 0 aromatic carbocycles. The van der Waals surface area contributed by atoms with Crippen molar-refractivity contribution in [3.05, 3.63) is 25.3 Å². The van der Waals surface area contributed by atoms with E-state index in [0.717, 1.165) is 0 Å². The highest BCUT2D eigenvalue weighted by Gasteiger charge is 2.80. The molecule has 1 rings (SSSR count). The van der Waals surface area contributed by atoms with Crippen molar-refractivity contribution in [3.63, 3.8) is 0 Å². The molecule has 0 amide bonds. The summed E-state index contributed by atoms with van der Waals surface area (Å²) in [5.74, 6) is -2.51. The van der Waals surface area contributed by atoms with Gasteiger partial charge in [0.15, 0.2) is 0 Å².